The Morgan fingerprint density at radius 1 is 0.818 bits per heavy atom. The van der Waals surface area contributed by atoms with Gasteiger partial charge in [-0.05, 0) is 88.9 Å². The van der Waals surface area contributed by atoms with E-state index in [0.717, 1.165) is 61.0 Å². The Morgan fingerprint density at radius 2 is 1.59 bits per heavy atom. The van der Waals surface area contributed by atoms with Crippen molar-refractivity contribution in [3.63, 3.8) is 0 Å². The van der Waals surface area contributed by atoms with Gasteiger partial charge in [-0.2, -0.15) is 0 Å². The lowest BCUT2D eigenvalue weighted by Crippen LogP contribution is -2.39. The molecule has 2 atom stereocenters. The van der Waals surface area contributed by atoms with E-state index in [1.165, 1.54) is 38.9 Å². The third-order valence-corrected chi connectivity index (χ3v) is 10.1. The Hall–Kier alpha value is -4.46. The van der Waals surface area contributed by atoms with Gasteiger partial charge in [0.2, 0.25) is 5.91 Å². The predicted molar refractivity (Wildman–Crippen MR) is 177 cm³/mol. The highest BCUT2D eigenvalue weighted by Gasteiger charge is 2.38. The molecule has 1 aliphatic carbocycles. The zero-order valence-electron chi connectivity index (χ0n) is 24.4. The summed E-state index contributed by atoms with van der Waals surface area (Å²) in [7, 11) is 0. The molecule has 0 bridgehead atoms. The maximum atomic E-state index is 14.0. The van der Waals surface area contributed by atoms with E-state index in [-0.39, 0.29) is 17.2 Å². The molecule has 4 aromatic carbocycles. The number of nitrogens with zero attached hydrogens (tertiary/aromatic N) is 3. The van der Waals surface area contributed by atoms with Crippen LogP contribution >= 0.6 is 11.8 Å². The quantitative estimate of drug-likeness (QED) is 0.198. The number of rotatable bonds is 6. The molecule has 0 radical (unpaired) electrons. The van der Waals surface area contributed by atoms with Gasteiger partial charge in [-0.25, -0.2) is 9.97 Å². The van der Waals surface area contributed by atoms with Crippen LogP contribution in [0, 0.1) is 0 Å². The molecular formula is C37H33N5OS. The molecular weight excluding hydrogens is 563 g/mol. The number of benzene rings is 4. The van der Waals surface area contributed by atoms with Crippen molar-refractivity contribution in [1.29, 1.82) is 0 Å². The third kappa shape index (κ3) is 5.38. The zero-order chi connectivity index (χ0) is 29.5. The molecule has 0 unspecified atom stereocenters. The van der Waals surface area contributed by atoms with Crippen molar-refractivity contribution in [2.24, 2.45) is 0 Å². The van der Waals surface area contributed by atoms with Gasteiger partial charge in [0.1, 0.15) is 0 Å². The van der Waals surface area contributed by atoms with Gasteiger partial charge >= 0.3 is 0 Å². The van der Waals surface area contributed by atoms with E-state index < -0.39 is 0 Å². The van der Waals surface area contributed by atoms with Gasteiger partial charge in [0.15, 0.2) is 5.16 Å². The maximum Gasteiger partial charge on any atom is 0.241 e. The number of aryl methyl sites for hydroxylation is 2. The summed E-state index contributed by atoms with van der Waals surface area (Å²) in [4.78, 5) is 25.2. The van der Waals surface area contributed by atoms with E-state index in [4.69, 9.17) is 0 Å². The van der Waals surface area contributed by atoms with Crippen LogP contribution in [0.2, 0.25) is 0 Å². The van der Waals surface area contributed by atoms with Crippen molar-refractivity contribution in [2.75, 3.05) is 17.2 Å². The summed E-state index contributed by atoms with van der Waals surface area (Å²) >= 11 is 1.67. The van der Waals surface area contributed by atoms with Gasteiger partial charge in [-0.15, -0.1) is 0 Å². The molecule has 6 nitrogen and oxygen atoms in total. The van der Waals surface area contributed by atoms with Crippen LogP contribution in [0.25, 0.3) is 11.1 Å². The largest absolute Gasteiger partial charge is 0.355 e. The van der Waals surface area contributed by atoms with Gasteiger partial charge < -0.3 is 10.6 Å². The van der Waals surface area contributed by atoms with Crippen molar-refractivity contribution >= 4 is 34.7 Å². The second kappa shape index (κ2) is 11.6. The van der Waals surface area contributed by atoms with E-state index in [1.54, 1.807) is 24.2 Å². The van der Waals surface area contributed by atoms with Crippen LogP contribution in [-0.2, 0) is 30.6 Å². The highest BCUT2D eigenvalue weighted by atomic mass is 32.2. The van der Waals surface area contributed by atoms with E-state index in [2.05, 4.69) is 104 Å². The molecule has 0 spiro atoms. The molecule has 218 valence electrons. The average Bonchev–Trinajstić information content (AvgIpc) is 3.56. The van der Waals surface area contributed by atoms with Gasteiger partial charge in [0.05, 0.1) is 6.04 Å². The van der Waals surface area contributed by atoms with Crippen LogP contribution in [0.5, 0.6) is 0 Å². The maximum absolute atomic E-state index is 14.0. The predicted octanol–water partition coefficient (Wildman–Crippen LogP) is 7.26. The summed E-state index contributed by atoms with van der Waals surface area (Å²) in [5.41, 5.74) is 12.3. The Morgan fingerprint density at radius 3 is 2.48 bits per heavy atom. The molecule has 1 amide bonds. The fraction of sp³-hybridized carbons (Fsp3) is 0.216. The van der Waals surface area contributed by atoms with Crippen LogP contribution in [0.15, 0.2) is 109 Å². The number of anilines is 3. The standard InChI is InChI=1S/C37H33N5OS/c43-36(40-29-14-13-26-12-11-25-6-2-4-9-33(25)41-34(26)20-29)35-21-30(44-37-38-16-5-17-39-37)23-42(35)22-24-10-15-32-28(18-24)19-27-7-1-3-8-31(27)32/h1-10,13-18,20,30,35,41H,11-12,19,21-23H2,(H,40,43)/t30-,35-/m0/s1. The van der Waals surface area contributed by atoms with Crippen LogP contribution < -0.4 is 10.6 Å². The number of thioether (sulfide) groups is 1. The number of aromatic nitrogens is 2. The second-order valence-electron chi connectivity index (χ2n) is 11.9. The molecule has 8 rings (SSSR count). The summed E-state index contributed by atoms with van der Waals surface area (Å²) < 4.78 is 0. The summed E-state index contributed by atoms with van der Waals surface area (Å²) in [5.74, 6) is 0.0321. The molecule has 1 aromatic heterocycles. The van der Waals surface area contributed by atoms with Crippen LogP contribution in [0.3, 0.4) is 0 Å². The molecule has 0 saturated carbocycles. The lowest BCUT2D eigenvalue weighted by molar-refractivity contribution is -0.120. The lowest BCUT2D eigenvalue weighted by atomic mass is 10.0. The first-order chi connectivity index (χ1) is 21.7. The van der Waals surface area contributed by atoms with Crippen LogP contribution in [0.4, 0.5) is 17.1 Å². The Kier molecular flexibility index (Phi) is 7.12. The monoisotopic (exact) mass is 595 g/mol. The van der Waals surface area contributed by atoms with Gasteiger partial charge in [0, 0.05) is 47.8 Å². The fourth-order valence-electron chi connectivity index (χ4n) is 6.91. The minimum atomic E-state index is -0.255. The fourth-order valence-corrected chi connectivity index (χ4v) is 8.00. The summed E-state index contributed by atoms with van der Waals surface area (Å²) in [5, 5.41) is 7.86. The van der Waals surface area contributed by atoms with Gasteiger partial charge in [-0.3, -0.25) is 9.69 Å². The first kappa shape index (κ1) is 27.1. The average molecular weight is 596 g/mol. The number of amides is 1. The van der Waals surface area contributed by atoms with Crippen molar-refractivity contribution < 1.29 is 4.79 Å². The van der Waals surface area contributed by atoms with Crippen LogP contribution in [0.1, 0.15) is 34.2 Å². The van der Waals surface area contributed by atoms with Crippen molar-refractivity contribution in [3.8, 4) is 11.1 Å². The van der Waals surface area contributed by atoms with Crippen molar-refractivity contribution in [3.05, 3.63) is 131 Å². The third-order valence-electron chi connectivity index (χ3n) is 9.05. The lowest BCUT2D eigenvalue weighted by Gasteiger charge is -2.24. The van der Waals surface area contributed by atoms with Crippen LogP contribution in [-0.4, -0.2) is 38.6 Å². The first-order valence-electron chi connectivity index (χ1n) is 15.3. The van der Waals surface area contributed by atoms with Crippen molar-refractivity contribution in [2.45, 2.75) is 48.7 Å². The number of hydrogen-bond acceptors (Lipinski definition) is 6. The van der Waals surface area contributed by atoms with E-state index >= 15 is 0 Å². The smallest absolute Gasteiger partial charge is 0.241 e. The summed E-state index contributed by atoms with van der Waals surface area (Å²) in [6, 6.07) is 31.8. The number of carbonyl (C=O) groups is 1. The Labute approximate surface area is 262 Å². The number of nitrogens with one attached hydrogen (secondary N) is 2. The summed E-state index contributed by atoms with van der Waals surface area (Å²) in [6.45, 7) is 1.51. The Balaban J connectivity index is 1.03. The first-order valence-corrected chi connectivity index (χ1v) is 16.2. The molecule has 3 heterocycles. The molecule has 1 fully saturated rings. The minimum absolute atomic E-state index is 0.0321. The highest BCUT2D eigenvalue weighted by molar-refractivity contribution is 7.99. The SMILES string of the molecule is O=C(Nc1ccc2c(c1)Nc1ccccc1CC2)[C@@H]1C[C@H](Sc2ncccn2)CN1Cc1ccc2c(c1)Cc1ccccc1-2. The molecule has 5 aromatic rings. The van der Waals surface area contributed by atoms with Crippen molar-refractivity contribution in [1.82, 2.24) is 14.9 Å². The minimum Gasteiger partial charge on any atom is -0.355 e. The molecule has 1 saturated heterocycles. The number of likely N-dealkylation sites (tertiary alicyclic amines) is 1. The number of carbonyl (C=O) groups excluding carboxylic acids is 1. The zero-order valence-corrected chi connectivity index (χ0v) is 25.2. The van der Waals surface area contributed by atoms with E-state index in [1.807, 2.05) is 12.1 Å². The number of fused-ring (bicyclic) bond motifs is 5. The van der Waals surface area contributed by atoms with Gasteiger partial charge in [0.25, 0.3) is 0 Å². The normalized spacial score (nSPS) is 18.4. The number of para-hydroxylation sites is 1. The number of hydrogen-bond donors (Lipinski definition) is 2. The topological polar surface area (TPSA) is 70.1 Å². The highest BCUT2D eigenvalue weighted by Crippen LogP contribution is 2.38. The van der Waals surface area contributed by atoms with E-state index in [9.17, 15) is 4.79 Å². The molecule has 7 heteroatoms. The second-order valence-corrected chi connectivity index (χ2v) is 13.2. The van der Waals surface area contributed by atoms with E-state index in [0.29, 0.717) is 0 Å². The molecule has 3 aliphatic rings. The molecule has 44 heavy (non-hydrogen) atoms. The molecule has 2 aliphatic heterocycles. The summed E-state index contributed by atoms with van der Waals surface area (Å²) in [6.07, 6.45) is 7.22. The van der Waals surface area contributed by atoms with Gasteiger partial charge in [-0.1, -0.05) is 78.5 Å². The molecule has 2 N–H and O–H groups in total. The Bertz CT molecular complexity index is 1860.